The van der Waals surface area contributed by atoms with E-state index >= 15 is 0 Å². The first-order valence-corrected chi connectivity index (χ1v) is 8.09. The maximum absolute atomic E-state index is 11.8. The fraction of sp³-hybridized carbons (Fsp3) is 0.0500. The molecule has 0 spiro atoms. The van der Waals surface area contributed by atoms with Gasteiger partial charge in [-0.2, -0.15) is 0 Å². The summed E-state index contributed by atoms with van der Waals surface area (Å²) in [4.78, 5) is 11.8. The summed E-state index contributed by atoms with van der Waals surface area (Å²) in [6.45, 7) is 1.94. The minimum atomic E-state index is -1.10. The van der Waals surface area contributed by atoms with Crippen molar-refractivity contribution in [3.8, 4) is 11.1 Å². The lowest BCUT2D eigenvalue weighted by Gasteiger charge is -2.16. The average Bonchev–Trinajstić information content (AvgIpc) is 2.56. The molecule has 0 saturated carbocycles. The number of nitrogen functional groups attached to an aromatic ring is 1. The highest BCUT2D eigenvalue weighted by molar-refractivity contribution is 6.33. The number of nitrogens with one attached hydrogen (secondary N) is 1. The topological polar surface area (TPSA) is 75.3 Å². The first-order chi connectivity index (χ1) is 12.0. The zero-order valence-electron chi connectivity index (χ0n) is 13.6. The standard InChI is InChI=1S/C20H17ClN2O2/c1-12-7-8-14(16(21)11-12)15-9-10-17(18(19(15)22)20(24)25)23-13-5-3-2-4-6-13/h2-11,23H,22H2,1H3,(H,24,25). The van der Waals surface area contributed by atoms with E-state index in [9.17, 15) is 9.90 Å². The maximum Gasteiger partial charge on any atom is 0.339 e. The lowest BCUT2D eigenvalue weighted by Crippen LogP contribution is -2.08. The zero-order valence-corrected chi connectivity index (χ0v) is 14.3. The number of carbonyl (C=O) groups is 1. The summed E-state index contributed by atoms with van der Waals surface area (Å²) in [5, 5.41) is 13.3. The average molecular weight is 353 g/mol. The van der Waals surface area contributed by atoms with Crippen LogP contribution in [0.5, 0.6) is 0 Å². The zero-order chi connectivity index (χ0) is 18.0. The Hall–Kier alpha value is -2.98. The third kappa shape index (κ3) is 3.44. The van der Waals surface area contributed by atoms with Gasteiger partial charge < -0.3 is 16.2 Å². The van der Waals surface area contributed by atoms with Crippen LogP contribution in [-0.2, 0) is 0 Å². The third-order valence-electron chi connectivity index (χ3n) is 3.93. The van der Waals surface area contributed by atoms with E-state index in [2.05, 4.69) is 5.32 Å². The van der Waals surface area contributed by atoms with Crippen molar-refractivity contribution in [1.29, 1.82) is 0 Å². The molecule has 0 aromatic heterocycles. The molecule has 126 valence electrons. The van der Waals surface area contributed by atoms with Crippen LogP contribution in [-0.4, -0.2) is 11.1 Å². The molecule has 0 aliphatic heterocycles. The normalized spacial score (nSPS) is 10.5. The number of carboxylic acids is 1. The second kappa shape index (κ2) is 6.87. The smallest absolute Gasteiger partial charge is 0.339 e. The summed E-state index contributed by atoms with van der Waals surface area (Å²) in [6, 6.07) is 18.4. The minimum Gasteiger partial charge on any atom is -0.478 e. The predicted octanol–water partition coefficient (Wildman–Crippen LogP) is 5.34. The molecule has 0 heterocycles. The van der Waals surface area contributed by atoms with Crippen molar-refractivity contribution in [2.45, 2.75) is 6.92 Å². The van der Waals surface area contributed by atoms with Crippen molar-refractivity contribution in [3.63, 3.8) is 0 Å². The molecule has 0 aliphatic rings. The number of carboxylic acid groups (broad SMARTS) is 1. The van der Waals surface area contributed by atoms with Gasteiger partial charge in [0.05, 0.1) is 11.4 Å². The minimum absolute atomic E-state index is 0.0259. The quantitative estimate of drug-likeness (QED) is 0.554. The van der Waals surface area contributed by atoms with Crippen molar-refractivity contribution < 1.29 is 9.90 Å². The highest BCUT2D eigenvalue weighted by Crippen LogP contribution is 2.38. The molecule has 0 aliphatic carbocycles. The lowest BCUT2D eigenvalue weighted by atomic mass is 9.98. The van der Waals surface area contributed by atoms with Crippen LogP contribution in [0.1, 0.15) is 15.9 Å². The number of para-hydroxylation sites is 1. The number of nitrogens with two attached hydrogens (primary N) is 1. The number of aromatic carboxylic acids is 1. The molecule has 4 nitrogen and oxygen atoms in total. The Bertz CT molecular complexity index is 940. The van der Waals surface area contributed by atoms with Gasteiger partial charge in [0.15, 0.2) is 0 Å². The summed E-state index contributed by atoms with van der Waals surface area (Å²) >= 11 is 6.32. The van der Waals surface area contributed by atoms with Crippen LogP contribution < -0.4 is 11.1 Å². The Kier molecular flexibility index (Phi) is 4.63. The van der Waals surface area contributed by atoms with Gasteiger partial charge in [0.25, 0.3) is 0 Å². The Morgan fingerprint density at radius 1 is 1.04 bits per heavy atom. The second-order valence-electron chi connectivity index (χ2n) is 5.73. The molecule has 0 amide bonds. The van der Waals surface area contributed by atoms with Gasteiger partial charge in [-0.15, -0.1) is 0 Å². The van der Waals surface area contributed by atoms with Crippen LogP contribution in [0, 0.1) is 6.92 Å². The molecule has 5 heteroatoms. The number of anilines is 3. The van der Waals surface area contributed by atoms with Gasteiger partial charge in [0.2, 0.25) is 0 Å². The van der Waals surface area contributed by atoms with Crippen LogP contribution in [0.4, 0.5) is 17.1 Å². The molecule has 0 atom stereocenters. The predicted molar refractivity (Wildman–Crippen MR) is 103 cm³/mol. The van der Waals surface area contributed by atoms with Gasteiger partial charge in [0, 0.05) is 21.8 Å². The van der Waals surface area contributed by atoms with E-state index < -0.39 is 5.97 Å². The summed E-state index contributed by atoms with van der Waals surface area (Å²) < 4.78 is 0. The molecule has 0 saturated heterocycles. The molecular formula is C20H17ClN2O2. The molecule has 0 radical (unpaired) electrons. The molecule has 3 aromatic rings. The highest BCUT2D eigenvalue weighted by atomic mass is 35.5. The summed E-state index contributed by atoms with van der Waals surface area (Å²) in [7, 11) is 0. The Morgan fingerprint density at radius 2 is 1.72 bits per heavy atom. The Balaban J connectivity index is 2.12. The molecular weight excluding hydrogens is 336 g/mol. The van der Waals surface area contributed by atoms with Crippen molar-refractivity contribution in [2.75, 3.05) is 11.1 Å². The number of aryl methyl sites for hydroxylation is 1. The van der Waals surface area contributed by atoms with Crippen LogP contribution >= 0.6 is 11.6 Å². The van der Waals surface area contributed by atoms with Crippen molar-refractivity contribution in [3.05, 3.63) is 76.8 Å². The van der Waals surface area contributed by atoms with Crippen LogP contribution in [0.3, 0.4) is 0 Å². The summed E-state index contributed by atoms with van der Waals surface area (Å²) in [5.41, 5.74) is 9.95. The van der Waals surface area contributed by atoms with E-state index in [1.54, 1.807) is 12.1 Å². The number of benzene rings is 3. The van der Waals surface area contributed by atoms with Crippen LogP contribution in [0.25, 0.3) is 11.1 Å². The van der Waals surface area contributed by atoms with Crippen molar-refractivity contribution in [2.24, 2.45) is 0 Å². The third-order valence-corrected chi connectivity index (χ3v) is 4.24. The van der Waals surface area contributed by atoms with E-state index in [1.807, 2.05) is 55.5 Å². The molecule has 3 aromatic carbocycles. The number of hydrogen-bond donors (Lipinski definition) is 3. The largest absolute Gasteiger partial charge is 0.478 e. The van der Waals surface area contributed by atoms with E-state index in [-0.39, 0.29) is 11.3 Å². The van der Waals surface area contributed by atoms with Gasteiger partial charge >= 0.3 is 5.97 Å². The summed E-state index contributed by atoms with van der Waals surface area (Å²) in [5.74, 6) is -1.10. The molecule has 0 unspecified atom stereocenters. The SMILES string of the molecule is Cc1ccc(-c2ccc(Nc3ccccc3)c(C(=O)O)c2N)c(Cl)c1. The molecule has 0 bridgehead atoms. The van der Waals surface area contributed by atoms with Gasteiger partial charge in [-0.3, -0.25) is 0 Å². The fourth-order valence-electron chi connectivity index (χ4n) is 2.70. The molecule has 25 heavy (non-hydrogen) atoms. The lowest BCUT2D eigenvalue weighted by molar-refractivity contribution is 0.0699. The van der Waals surface area contributed by atoms with E-state index in [0.717, 1.165) is 11.3 Å². The molecule has 4 N–H and O–H groups in total. The van der Waals surface area contributed by atoms with Crippen LogP contribution in [0.15, 0.2) is 60.7 Å². The van der Waals surface area contributed by atoms with Crippen LogP contribution in [0.2, 0.25) is 5.02 Å². The summed E-state index contributed by atoms with van der Waals surface area (Å²) in [6.07, 6.45) is 0. The van der Waals surface area contributed by atoms with Gasteiger partial charge in [-0.25, -0.2) is 4.79 Å². The fourth-order valence-corrected chi connectivity index (χ4v) is 3.04. The Labute approximate surface area is 150 Å². The number of halogens is 1. The first-order valence-electron chi connectivity index (χ1n) is 7.71. The second-order valence-corrected chi connectivity index (χ2v) is 6.14. The highest BCUT2D eigenvalue weighted by Gasteiger charge is 2.19. The van der Waals surface area contributed by atoms with E-state index in [1.165, 1.54) is 0 Å². The first kappa shape index (κ1) is 16.9. The van der Waals surface area contributed by atoms with Gasteiger partial charge in [-0.1, -0.05) is 48.0 Å². The molecule has 0 fully saturated rings. The maximum atomic E-state index is 11.8. The van der Waals surface area contributed by atoms with Gasteiger partial charge in [-0.05, 0) is 36.8 Å². The molecule has 3 rings (SSSR count). The van der Waals surface area contributed by atoms with E-state index in [0.29, 0.717) is 21.8 Å². The number of rotatable bonds is 4. The monoisotopic (exact) mass is 352 g/mol. The number of hydrogen-bond acceptors (Lipinski definition) is 3. The van der Waals surface area contributed by atoms with Crippen molar-refractivity contribution in [1.82, 2.24) is 0 Å². The van der Waals surface area contributed by atoms with E-state index in [4.69, 9.17) is 17.3 Å². The Morgan fingerprint density at radius 3 is 2.36 bits per heavy atom. The van der Waals surface area contributed by atoms with Gasteiger partial charge in [0.1, 0.15) is 5.56 Å². The van der Waals surface area contributed by atoms with Crippen molar-refractivity contribution >= 4 is 34.6 Å².